The summed E-state index contributed by atoms with van der Waals surface area (Å²) in [5, 5.41) is 0. The lowest BCUT2D eigenvalue weighted by molar-refractivity contribution is -0.132. The van der Waals surface area contributed by atoms with Gasteiger partial charge in [0.25, 0.3) is 0 Å². The zero-order valence-corrected chi connectivity index (χ0v) is 14.8. The largest absolute Gasteiger partial charge is 0.496 e. The van der Waals surface area contributed by atoms with Crippen LogP contribution in [-0.4, -0.2) is 43.6 Å². The Morgan fingerprint density at radius 2 is 2.04 bits per heavy atom. The Morgan fingerprint density at radius 3 is 2.71 bits per heavy atom. The smallest absolute Gasteiger partial charge is 0.222 e. The van der Waals surface area contributed by atoms with E-state index in [4.69, 9.17) is 4.74 Å². The first kappa shape index (κ1) is 17.2. The molecule has 0 saturated carbocycles. The predicted molar refractivity (Wildman–Crippen MR) is 94.7 cm³/mol. The summed E-state index contributed by atoms with van der Waals surface area (Å²) >= 11 is 0. The first-order valence-corrected chi connectivity index (χ1v) is 9.07. The lowest BCUT2D eigenvalue weighted by atomic mass is 9.84. The lowest BCUT2D eigenvalue weighted by Crippen LogP contribution is -2.45. The maximum Gasteiger partial charge on any atom is 0.222 e. The molecule has 2 N–H and O–H groups in total. The fraction of sp³-hybridized carbons (Fsp3) is 0.632. The SMILES string of the molecule is COc1ccccc1CCC(=O)N1CCC(C2NNCC2C)CC1. The van der Waals surface area contributed by atoms with Crippen molar-refractivity contribution in [3.05, 3.63) is 29.8 Å². The zero-order valence-electron chi connectivity index (χ0n) is 14.8. The fourth-order valence-corrected chi connectivity index (χ4v) is 4.01. The number of rotatable bonds is 5. The van der Waals surface area contributed by atoms with Crippen LogP contribution in [0.15, 0.2) is 24.3 Å². The van der Waals surface area contributed by atoms with Crippen LogP contribution in [0.5, 0.6) is 5.75 Å². The standard InChI is InChI=1S/C19H29N3O2/c1-14-13-20-21-19(14)16-9-11-22(12-10-16)18(23)8-7-15-5-3-4-6-17(15)24-2/h3-6,14,16,19-21H,7-13H2,1-2H3. The molecule has 3 rings (SSSR count). The number of nitrogens with zero attached hydrogens (tertiary/aromatic N) is 1. The van der Waals surface area contributed by atoms with Gasteiger partial charge >= 0.3 is 0 Å². The third-order valence-electron chi connectivity index (χ3n) is 5.51. The summed E-state index contributed by atoms with van der Waals surface area (Å²) in [6.07, 6.45) is 3.51. The first-order valence-electron chi connectivity index (χ1n) is 9.07. The highest BCUT2D eigenvalue weighted by Crippen LogP contribution is 2.27. The van der Waals surface area contributed by atoms with Crippen LogP contribution in [0.25, 0.3) is 0 Å². The van der Waals surface area contributed by atoms with E-state index in [9.17, 15) is 4.79 Å². The number of piperidine rings is 1. The Hall–Kier alpha value is -1.59. The lowest BCUT2D eigenvalue weighted by Gasteiger charge is -2.36. The van der Waals surface area contributed by atoms with Gasteiger partial charge in [0.15, 0.2) is 0 Å². The van der Waals surface area contributed by atoms with E-state index in [1.54, 1.807) is 7.11 Å². The first-order chi connectivity index (χ1) is 11.7. The van der Waals surface area contributed by atoms with Crippen molar-refractivity contribution in [3.8, 4) is 5.75 Å². The number of ether oxygens (including phenoxy) is 1. The van der Waals surface area contributed by atoms with Gasteiger partial charge in [0.2, 0.25) is 5.91 Å². The van der Waals surface area contributed by atoms with E-state index in [-0.39, 0.29) is 5.91 Å². The molecular weight excluding hydrogens is 302 g/mol. The zero-order chi connectivity index (χ0) is 16.9. The summed E-state index contributed by atoms with van der Waals surface area (Å²) in [6.45, 7) is 5.12. The number of carbonyl (C=O) groups excluding carboxylic acids is 1. The summed E-state index contributed by atoms with van der Waals surface area (Å²) in [4.78, 5) is 14.6. The molecule has 5 heteroatoms. The highest BCUT2D eigenvalue weighted by atomic mass is 16.5. The van der Waals surface area contributed by atoms with Gasteiger partial charge in [0.1, 0.15) is 5.75 Å². The average Bonchev–Trinajstić information content (AvgIpc) is 3.06. The highest BCUT2D eigenvalue weighted by molar-refractivity contribution is 5.76. The fourth-order valence-electron chi connectivity index (χ4n) is 4.01. The number of aryl methyl sites for hydroxylation is 1. The minimum Gasteiger partial charge on any atom is -0.496 e. The van der Waals surface area contributed by atoms with Crippen LogP contribution >= 0.6 is 0 Å². The molecule has 0 spiro atoms. The molecule has 2 aliphatic rings. The maximum absolute atomic E-state index is 12.5. The number of para-hydroxylation sites is 1. The van der Waals surface area contributed by atoms with Gasteiger partial charge in [-0.3, -0.25) is 15.6 Å². The van der Waals surface area contributed by atoms with Crippen LogP contribution in [0.1, 0.15) is 31.7 Å². The molecule has 0 bridgehead atoms. The van der Waals surface area contributed by atoms with Gasteiger partial charge in [0.05, 0.1) is 7.11 Å². The van der Waals surface area contributed by atoms with E-state index in [1.807, 2.05) is 29.2 Å². The quantitative estimate of drug-likeness (QED) is 0.866. The predicted octanol–water partition coefficient (Wildman–Crippen LogP) is 1.98. The molecule has 132 valence electrons. The number of hydrazine groups is 1. The summed E-state index contributed by atoms with van der Waals surface area (Å²) < 4.78 is 5.37. The molecule has 1 aromatic carbocycles. The van der Waals surface area contributed by atoms with Gasteiger partial charge in [-0.15, -0.1) is 0 Å². The molecule has 1 aromatic rings. The van der Waals surface area contributed by atoms with Crippen LogP contribution in [0, 0.1) is 11.8 Å². The topological polar surface area (TPSA) is 53.6 Å². The molecule has 2 aliphatic heterocycles. The second-order valence-corrected chi connectivity index (χ2v) is 7.06. The van der Waals surface area contributed by atoms with Crippen LogP contribution in [0.3, 0.4) is 0 Å². The molecule has 24 heavy (non-hydrogen) atoms. The van der Waals surface area contributed by atoms with Crippen molar-refractivity contribution >= 4 is 5.91 Å². The Kier molecular flexibility index (Phi) is 5.74. The van der Waals surface area contributed by atoms with E-state index in [1.165, 1.54) is 0 Å². The van der Waals surface area contributed by atoms with E-state index in [2.05, 4.69) is 17.8 Å². The van der Waals surface area contributed by atoms with Gasteiger partial charge in [-0.05, 0) is 42.7 Å². The van der Waals surface area contributed by atoms with Crippen molar-refractivity contribution in [3.63, 3.8) is 0 Å². The van der Waals surface area contributed by atoms with Crippen molar-refractivity contribution in [2.75, 3.05) is 26.7 Å². The normalized spacial score (nSPS) is 25.0. The summed E-state index contributed by atoms with van der Waals surface area (Å²) in [5.41, 5.74) is 7.78. The monoisotopic (exact) mass is 331 g/mol. The maximum atomic E-state index is 12.5. The highest BCUT2D eigenvalue weighted by Gasteiger charge is 2.33. The molecule has 1 amide bonds. The third kappa shape index (κ3) is 3.90. The number of benzene rings is 1. The Morgan fingerprint density at radius 1 is 1.29 bits per heavy atom. The molecule has 2 unspecified atom stereocenters. The van der Waals surface area contributed by atoms with Gasteiger partial charge in [-0.25, -0.2) is 0 Å². The number of hydrogen-bond donors (Lipinski definition) is 2. The van der Waals surface area contributed by atoms with Crippen LogP contribution < -0.4 is 15.6 Å². The molecule has 0 aliphatic carbocycles. The van der Waals surface area contributed by atoms with Gasteiger partial charge in [-0.2, -0.15) is 0 Å². The van der Waals surface area contributed by atoms with Crippen molar-refractivity contribution in [2.45, 2.75) is 38.6 Å². The molecule has 2 fully saturated rings. The van der Waals surface area contributed by atoms with E-state index < -0.39 is 0 Å². The van der Waals surface area contributed by atoms with E-state index >= 15 is 0 Å². The summed E-state index contributed by atoms with van der Waals surface area (Å²) in [5.74, 6) is 2.48. The van der Waals surface area contributed by atoms with E-state index in [0.29, 0.717) is 24.3 Å². The Labute approximate surface area is 144 Å². The van der Waals surface area contributed by atoms with Gasteiger partial charge in [-0.1, -0.05) is 25.1 Å². The molecular formula is C19H29N3O2. The second kappa shape index (κ2) is 7.99. The number of methoxy groups -OCH3 is 1. The van der Waals surface area contributed by atoms with Crippen molar-refractivity contribution < 1.29 is 9.53 Å². The van der Waals surface area contributed by atoms with Crippen molar-refractivity contribution in [1.29, 1.82) is 0 Å². The second-order valence-electron chi connectivity index (χ2n) is 7.06. The minimum absolute atomic E-state index is 0.268. The van der Waals surface area contributed by atoms with Crippen molar-refractivity contribution in [1.82, 2.24) is 15.8 Å². The molecule has 0 radical (unpaired) electrons. The van der Waals surface area contributed by atoms with Crippen LogP contribution in [0.4, 0.5) is 0 Å². The number of nitrogens with one attached hydrogen (secondary N) is 2. The number of amides is 1. The molecule has 5 nitrogen and oxygen atoms in total. The van der Waals surface area contributed by atoms with Crippen molar-refractivity contribution in [2.24, 2.45) is 11.8 Å². The van der Waals surface area contributed by atoms with Gasteiger partial charge in [0, 0.05) is 32.1 Å². The summed E-state index contributed by atoms with van der Waals surface area (Å²) in [7, 11) is 1.68. The van der Waals surface area contributed by atoms with E-state index in [0.717, 1.165) is 50.2 Å². The number of hydrogen-bond acceptors (Lipinski definition) is 4. The Bertz CT molecular complexity index is 555. The number of likely N-dealkylation sites (tertiary alicyclic amines) is 1. The molecule has 2 saturated heterocycles. The molecule has 2 atom stereocenters. The Balaban J connectivity index is 1.47. The van der Waals surface area contributed by atoms with Gasteiger partial charge < -0.3 is 9.64 Å². The van der Waals surface area contributed by atoms with Crippen LogP contribution in [-0.2, 0) is 11.2 Å². The number of carbonyl (C=O) groups is 1. The molecule has 0 aromatic heterocycles. The van der Waals surface area contributed by atoms with Crippen LogP contribution in [0.2, 0.25) is 0 Å². The average molecular weight is 331 g/mol. The minimum atomic E-state index is 0.268. The third-order valence-corrected chi connectivity index (χ3v) is 5.51. The summed E-state index contributed by atoms with van der Waals surface area (Å²) in [6, 6.07) is 8.50. The molecule has 2 heterocycles.